The van der Waals surface area contributed by atoms with Crippen molar-refractivity contribution in [2.75, 3.05) is 0 Å². The van der Waals surface area contributed by atoms with Crippen LogP contribution in [0.1, 0.15) is 53.9 Å². The van der Waals surface area contributed by atoms with Crippen LogP contribution in [0.5, 0.6) is 0 Å². The van der Waals surface area contributed by atoms with Crippen molar-refractivity contribution < 1.29 is 4.79 Å². The molecule has 0 radical (unpaired) electrons. The quantitative estimate of drug-likeness (QED) is 0.386. The summed E-state index contributed by atoms with van der Waals surface area (Å²) in [5.41, 5.74) is 5.65. The molecule has 1 aliphatic rings. The summed E-state index contributed by atoms with van der Waals surface area (Å²) >= 11 is 0. The smallest absolute Gasteiger partial charge is 0.143 e. The van der Waals surface area contributed by atoms with Crippen molar-refractivity contribution >= 4 is 6.29 Å². The lowest BCUT2D eigenvalue weighted by molar-refractivity contribution is -0.104. The zero-order valence-electron chi connectivity index (χ0n) is 12.9. The first-order valence-electron chi connectivity index (χ1n) is 7.06. The van der Waals surface area contributed by atoms with Crippen molar-refractivity contribution in [2.45, 2.75) is 53.9 Å². The van der Waals surface area contributed by atoms with E-state index in [9.17, 15) is 4.79 Å². The average molecular weight is 258 g/mol. The molecule has 0 heterocycles. The molecule has 0 bridgehead atoms. The highest BCUT2D eigenvalue weighted by molar-refractivity contribution is 5.67. The van der Waals surface area contributed by atoms with Gasteiger partial charge in [0.1, 0.15) is 6.29 Å². The molecule has 0 aromatic rings. The third kappa shape index (κ3) is 4.34. The summed E-state index contributed by atoms with van der Waals surface area (Å²) in [5, 5.41) is 0. The third-order valence-corrected chi connectivity index (χ3v) is 3.89. The van der Waals surface area contributed by atoms with Crippen LogP contribution in [0.4, 0.5) is 0 Å². The number of aldehydes is 1. The van der Waals surface area contributed by atoms with Crippen molar-refractivity contribution in [1.82, 2.24) is 0 Å². The Balaban J connectivity index is 2.95. The fourth-order valence-corrected chi connectivity index (χ4v) is 3.08. The molecule has 0 unspecified atom stereocenters. The van der Waals surface area contributed by atoms with Crippen molar-refractivity contribution in [1.29, 1.82) is 0 Å². The highest BCUT2D eigenvalue weighted by Crippen LogP contribution is 2.43. The van der Waals surface area contributed by atoms with Gasteiger partial charge in [-0.3, -0.25) is 4.79 Å². The third-order valence-electron chi connectivity index (χ3n) is 3.89. The molecule has 0 aliphatic heterocycles. The zero-order chi connectivity index (χ0) is 14.5. The Kier molecular flexibility index (Phi) is 5.53. The van der Waals surface area contributed by atoms with Crippen LogP contribution < -0.4 is 0 Å². The fraction of sp³-hybridized carbons (Fsp3) is 0.500. The van der Waals surface area contributed by atoms with Crippen LogP contribution in [-0.2, 0) is 4.79 Å². The maximum atomic E-state index is 10.4. The van der Waals surface area contributed by atoms with Gasteiger partial charge >= 0.3 is 0 Å². The van der Waals surface area contributed by atoms with E-state index in [1.165, 1.54) is 36.0 Å². The summed E-state index contributed by atoms with van der Waals surface area (Å²) in [6.45, 7) is 11.1. The first-order chi connectivity index (χ1) is 8.88. The first kappa shape index (κ1) is 15.7. The summed E-state index contributed by atoms with van der Waals surface area (Å²) in [4.78, 5) is 10.4. The van der Waals surface area contributed by atoms with Crippen LogP contribution in [0.15, 0.2) is 46.6 Å². The summed E-state index contributed by atoms with van der Waals surface area (Å²) in [5.74, 6) is 0. The largest absolute Gasteiger partial charge is 0.299 e. The molecule has 0 saturated heterocycles. The number of rotatable bonds is 4. The lowest BCUT2D eigenvalue weighted by Gasteiger charge is -2.35. The molecular weight excluding hydrogens is 232 g/mol. The maximum Gasteiger partial charge on any atom is 0.143 e. The van der Waals surface area contributed by atoms with Gasteiger partial charge in [0.2, 0.25) is 0 Å². The summed E-state index contributed by atoms with van der Waals surface area (Å²) < 4.78 is 0. The molecule has 1 heteroatoms. The topological polar surface area (TPSA) is 17.1 Å². The van der Waals surface area contributed by atoms with E-state index in [2.05, 4.69) is 33.8 Å². The Morgan fingerprint density at radius 1 is 1.21 bits per heavy atom. The van der Waals surface area contributed by atoms with Crippen molar-refractivity contribution in [2.24, 2.45) is 5.41 Å². The average Bonchev–Trinajstić information content (AvgIpc) is 2.27. The molecule has 19 heavy (non-hydrogen) atoms. The highest BCUT2D eigenvalue weighted by atomic mass is 16.1. The van der Waals surface area contributed by atoms with Gasteiger partial charge in [-0.2, -0.15) is 0 Å². The van der Waals surface area contributed by atoms with Gasteiger partial charge in [0, 0.05) is 0 Å². The molecule has 1 aliphatic carbocycles. The van der Waals surface area contributed by atoms with Gasteiger partial charge in [0.05, 0.1) is 0 Å². The molecule has 0 saturated carbocycles. The van der Waals surface area contributed by atoms with E-state index in [1.807, 2.05) is 19.1 Å². The fourth-order valence-electron chi connectivity index (χ4n) is 3.08. The lowest BCUT2D eigenvalue weighted by atomic mass is 9.70. The molecule has 1 rings (SSSR count). The Bertz CT molecular complexity index is 456. The normalized spacial score (nSPS) is 21.1. The molecule has 1 nitrogen and oxygen atoms in total. The maximum absolute atomic E-state index is 10.4. The summed E-state index contributed by atoms with van der Waals surface area (Å²) in [6, 6.07) is 0. The van der Waals surface area contributed by atoms with Gasteiger partial charge < -0.3 is 0 Å². The van der Waals surface area contributed by atoms with E-state index >= 15 is 0 Å². The monoisotopic (exact) mass is 258 g/mol. The van der Waals surface area contributed by atoms with Crippen LogP contribution in [-0.4, -0.2) is 6.29 Å². The predicted octanol–water partition coefficient (Wildman–Crippen LogP) is 5.16. The standard InChI is InChI=1S/C18H26O/c1-14(11-13-19)8-6-9-15(2)17-16(3)10-7-12-18(17,4)5/h6,8-9,11,13H,7,10,12H2,1-5H3/b8-6+,14-11+,15-9+. The molecule has 0 atom stereocenters. The van der Waals surface area contributed by atoms with Crippen molar-refractivity contribution in [3.63, 3.8) is 0 Å². The van der Waals surface area contributed by atoms with Gasteiger partial charge in [0.25, 0.3) is 0 Å². The van der Waals surface area contributed by atoms with E-state index < -0.39 is 0 Å². The SMILES string of the molecule is CC1=C(/C(C)=C/C=C/C(C)=C/C=O)C(C)(C)CCC1. The zero-order valence-corrected chi connectivity index (χ0v) is 12.9. The second-order valence-electron chi connectivity index (χ2n) is 6.15. The molecular formula is C18H26O. The van der Waals surface area contributed by atoms with Gasteiger partial charge in [-0.1, -0.05) is 37.6 Å². The van der Waals surface area contributed by atoms with Crippen LogP contribution in [0.2, 0.25) is 0 Å². The molecule has 0 N–H and O–H groups in total. The van der Waals surface area contributed by atoms with Crippen molar-refractivity contribution in [3.8, 4) is 0 Å². The molecule has 0 aromatic heterocycles. The van der Waals surface area contributed by atoms with Gasteiger partial charge in [-0.25, -0.2) is 0 Å². The summed E-state index contributed by atoms with van der Waals surface area (Å²) in [6.07, 6.45) is 12.4. The van der Waals surface area contributed by atoms with E-state index in [1.54, 1.807) is 6.08 Å². The minimum absolute atomic E-state index is 0.282. The lowest BCUT2D eigenvalue weighted by Crippen LogP contribution is -2.21. The van der Waals surface area contributed by atoms with Gasteiger partial charge in [-0.05, 0) is 68.2 Å². The van der Waals surface area contributed by atoms with Gasteiger partial charge in [0.15, 0.2) is 0 Å². The number of carbonyl (C=O) groups is 1. The Labute approximate surface area is 117 Å². The number of hydrogen-bond acceptors (Lipinski definition) is 1. The molecule has 0 aromatic carbocycles. The van der Waals surface area contributed by atoms with Crippen molar-refractivity contribution in [3.05, 3.63) is 46.6 Å². The minimum atomic E-state index is 0.282. The molecule has 0 amide bonds. The molecule has 0 spiro atoms. The van der Waals surface area contributed by atoms with E-state index in [0.29, 0.717) is 0 Å². The Morgan fingerprint density at radius 2 is 1.89 bits per heavy atom. The number of hydrogen-bond donors (Lipinski definition) is 0. The minimum Gasteiger partial charge on any atom is -0.299 e. The van der Waals surface area contributed by atoms with Crippen LogP contribution >= 0.6 is 0 Å². The number of allylic oxidation sites excluding steroid dienone is 8. The highest BCUT2D eigenvalue weighted by Gasteiger charge is 2.28. The Hall–Kier alpha value is -1.37. The van der Waals surface area contributed by atoms with E-state index in [4.69, 9.17) is 0 Å². The van der Waals surface area contributed by atoms with Gasteiger partial charge in [-0.15, -0.1) is 0 Å². The number of carbonyl (C=O) groups excluding carboxylic acids is 1. The predicted molar refractivity (Wildman–Crippen MR) is 83.1 cm³/mol. The molecule has 0 fully saturated rings. The summed E-state index contributed by atoms with van der Waals surface area (Å²) in [7, 11) is 0. The van der Waals surface area contributed by atoms with Crippen LogP contribution in [0, 0.1) is 5.41 Å². The van der Waals surface area contributed by atoms with E-state index in [0.717, 1.165) is 11.9 Å². The second-order valence-corrected chi connectivity index (χ2v) is 6.15. The van der Waals surface area contributed by atoms with E-state index in [-0.39, 0.29) is 5.41 Å². The van der Waals surface area contributed by atoms with Crippen LogP contribution in [0.25, 0.3) is 0 Å². The first-order valence-corrected chi connectivity index (χ1v) is 7.06. The second kappa shape index (κ2) is 6.70. The molecule has 104 valence electrons. The Morgan fingerprint density at radius 3 is 2.47 bits per heavy atom. The van der Waals surface area contributed by atoms with Crippen LogP contribution in [0.3, 0.4) is 0 Å².